The van der Waals surface area contributed by atoms with Crippen molar-refractivity contribution in [3.63, 3.8) is 0 Å². The van der Waals surface area contributed by atoms with E-state index in [1.165, 1.54) is 0 Å². The molecule has 0 aromatic heterocycles. The summed E-state index contributed by atoms with van der Waals surface area (Å²) in [6.07, 6.45) is 5.43. The number of benzene rings is 1. The molecule has 5 N–H and O–H groups in total. The molecule has 0 aliphatic heterocycles. The van der Waals surface area contributed by atoms with Crippen LogP contribution in [0.1, 0.15) is 61.4 Å². The fraction of sp³-hybridized carbons (Fsp3) is 0.579. The van der Waals surface area contributed by atoms with E-state index in [0.29, 0.717) is 25.1 Å². The van der Waals surface area contributed by atoms with Crippen molar-refractivity contribution in [2.75, 3.05) is 13.1 Å². The molecule has 0 unspecified atom stereocenters. The summed E-state index contributed by atoms with van der Waals surface area (Å²) in [4.78, 5) is 23.8. The van der Waals surface area contributed by atoms with Gasteiger partial charge in [-0.1, -0.05) is 37.5 Å². The number of rotatable bonds is 12. The van der Waals surface area contributed by atoms with Gasteiger partial charge in [-0.25, -0.2) is 0 Å². The summed E-state index contributed by atoms with van der Waals surface area (Å²) in [6.45, 7) is 3.59. The van der Waals surface area contributed by atoms with Crippen LogP contribution in [-0.2, 0) is 11.3 Å². The van der Waals surface area contributed by atoms with Crippen molar-refractivity contribution in [2.24, 2.45) is 5.73 Å². The van der Waals surface area contributed by atoms with Crippen LogP contribution in [-0.4, -0.2) is 30.9 Å². The second-order valence-corrected chi connectivity index (χ2v) is 6.23. The zero-order valence-corrected chi connectivity index (χ0v) is 21.1. The minimum atomic E-state index is -0.477. The molecule has 1 aromatic rings. The second kappa shape index (κ2) is 15.9. The molecule has 0 bridgehead atoms. The third-order valence-electron chi connectivity index (χ3n) is 4.06. The maximum Gasteiger partial charge on any atom is 1.00 e. The average molecular weight is 433 g/mol. The number of nitrogens with one attached hydrogen (secondary N) is 3. The van der Waals surface area contributed by atoms with E-state index in [9.17, 15) is 9.59 Å². The van der Waals surface area contributed by atoms with Crippen LogP contribution in [0, 0.1) is 0 Å². The van der Waals surface area contributed by atoms with Gasteiger partial charge < -0.3 is 22.1 Å². The van der Waals surface area contributed by atoms with Crippen LogP contribution in [0.15, 0.2) is 24.3 Å². The first kappa shape index (κ1) is 25.9. The molecular weight excluding hydrogens is 402 g/mol. The van der Waals surface area contributed by atoms with E-state index in [0.717, 1.165) is 37.7 Å². The Bertz CT molecular complexity index is 523. The summed E-state index contributed by atoms with van der Waals surface area (Å²) in [5.41, 5.74) is 14.6. The number of nitrogens with two attached hydrogens (primary N) is 1. The van der Waals surface area contributed by atoms with E-state index in [1.807, 2.05) is 0 Å². The predicted octanol–water partition coefficient (Wildman–Crippen LogP) is -0.223. The summed E-state index contributed by atoms with van der Waals surface area (Å²) in [5, 5.41) is 5.72. The number of hydrogen-bond donors (Lipinski definition) is 3. The Morgan fingerprint density at radius 2 is 1.65 bits per heavy atom. The summed E-state index contributed by atoms with van der Waals surface area (Å²) in [6, 6.07) is 6.57. The van der Waals surface area contributed by atoms with E-state index in [1.54, 1.807) is 24.3 Å². The SMILES string of the molecule is CCCCCNC(=O)[C@H](N)CCCCNC(=O)c1ccc(C[NH-])cc1.[Rb+]. The van der Waals surface area contributed by atoms with Crippen LogP contribution in [0.25, 0.3) is 5.73 Å². The molecular formula is C19H31N4O2Rb. The molecule has 0 saturated heterocycles. The normalized spacial score (nSPS) is 11.3. The molecule has 1 aromatic carbocycles. The van der Waals surface area contributed by atoms with E-state index < -0.39 is 6.04 Å². The van der Waals surface area contributed by atoms with E-state index in [4.69, 9.17) is 11.5 Å². The van der Waals surface area contributed by atoms with Crippen LogP contribution in [0.4, 0.5) is 0 Å². The molecule has 0 saturated carbocycles. The topological polar surface area (TPSA) is 108 Å². The van der Waals surface area contributed by atoms with Crippen LogP contribution in [0.3, 0.4) is 0 Å². The third-order valence-corrected chi connectivity index (χ3v) is 4.06. The molecule has 26 heavy (non-hydrogen) atoms. The third kappa shape index (κ3) is 10.9. The Kier molecular flexibility index (Phi) is 15.8. The first-order chi connectivity index (χ1) is 12.1. The zero-order valence-electron chi connectivity index (χ0n) is 16.1. The van der Waals surface area contributed by atoms with Gasteiger partial charge in [0.1, 0.15) is 0 Å². The number of unbranched alkanes of at least 4 members (excludes halogenated alkanes) is 3. The Labute approximate surface area is 206 Å². The summed E-state index contributed by atoms with van der Waals surface area (Å²) in [7, 11) is 0. The molecule has 0 aliphatic rings. The Morgan fingerprint density at radius 3 is 2.27 bits per heavy atom. The predicted molar refractivity (Wildman–Crippen MR) is 101 cm³/mol. The van der Waals surface area contributed by atoms with Crippen molar-refractivity contribution >= 4 is 11.8 Å². The molecule has 1 rings (SSSR count). The molecule has 1 atom stereocenters. The monoisotopic (exact) mass is 432 g/mol. The van der Waals surface area contributed by atoms with Crippen molar-refractivity contribution in [2.45, 2.75) is 58.0 Å². The molecule has 7 heteroatoms. The Morgan fingerprint density at radius 1 is 1.04 bits per heavy atom. The first-order valence-electron chi connectivity index (χ1n) is 9.13. The van der Waals surface area contributed by atoms with Gasteiger partial charge >= 0.3 is 58.2 Å². The number of amides is 2. The fourth-order valence-corrected chi connectivity index (χ4v) is 2.42. The summed E-state index contributed by atoms with van der Waals surface area (Å²) < 4.78 is 0. The molecule has 6 nitrogen and oxygen atoms in total. The van der Waals surface area contributed by atoms with Gasteiger partial charge in [-0.15, -0.1) is 6.54 Å². The Balaban J connectivity index is 0.00000625. The van der Waals surface area contributed by atoms with Crippen LogP contribution < -0.4 is 74.6 Å². The zero-order chi connectivity index (χ0) is 18.5. The van der Waals surface area contributed by atoms with Gasteiger partial charge in [0, 0.05) is 18.7 Å². The van der Waals surface area contributed by atoms with Gasteiger partial charge in [-0.3, -0.25) is 9.59 Å². The van der Waals surface area contributed by atoms with Crippen molar-refractivity contribution in [3.8, 4) is 0 Å². The summed E-state index contributed by atoms with van der Waals surface area (Å²) >= 11 is 0. The second-order valence-electron chi connectivity index (χ2n) is 6.23. The smallest absolute Gasteiger partial charge is 0.674 e. The van der Waals surface area contributed by atoms with Gasteiger partial charge in [0.15, 0.2) is 0 Å². The van der Waals surface area contributed by atoms with Gasteiger partial charge in [-0.2, -0.15) is 0 Å². The van der Waals surface area contributed by atoms with E-state index >= 15 is 0 Å². The van der Waals surface area contributed by atoms with E-state index in [2.05, 4.69) is 17.6 Å². The van der Waals surface area contributed by atoms with Crippen LogP contribution >= 0.6 is 0 Å². The van der Waals surface area contributed by atoms with Crippen molar-refractivity contribution in [1.82, 2.24) is 10.6 Å². The number of carbonyl (C=O) groups is 2. The van der Waals surface area contributed by atoms with Crippen molar-refractivity contribution in [3.05, 3.63) is 41.1 Å². The molecule has 0 heterocycles. The molecule has 0 spiro atoms. The van der Waals surface area contributed by atoms with Crippen LogP contribution in [0.5, 0.6) is 0 Å². The van der Waals surface area contributed by atoms with Crippen molar-refractivity contribution in [1.29, 1.82) is 0 Å². The number of carbonyl (C=O) groups excluding carboxylic acids is 2. The molecule has 0 radical (unpaired) electrons. The largest absolute Gasteiger partial charge is 1.00 e. The van der Waals surface area contributed by atoms with Crippen LogP contribution in [0.2, 0.25) is 0 Å². The quantitative estimate of drug-likeness (QED) is 0.397. The maximum absolute atomic E-state index is 12.0. The average Bonchev–Trinajstić information content (AvgIpc) is 2.64. The van der Waals surface area contributed by atoms with Gasteiger partial charge in [-0.05, 0) is 37.8 Å². The van der Waals surface area contributed by atoms with Gasteiger partial charge in [0.05, 0.1) is 6.04 Å². The number of hydrogen-bond acceptors (Lipinski definition) is 3. The standard InChI is InChI=1S/C19H31N4O2.Rb/c1-2-3-5-12-23-19(25)17(21)7-4-6-13-22-18(24)16-10-8-15(14-20)9-11-16;/h8-11,17,20H,2-7,12-14,21H2,1H3,(H,22,24)(H,23,25);/q-1;+1/t17-;/m1./s1. The fourth-order valence-electron chi connectivity index (χ4n) is 2.42. The molecule has 0 aliphatic carbocycles. The Hall–Kier alpha value is -0.115. The summed E-state index contributed by atoms with van der Waals surface area (Å²) in [5.74, 6) is -0.205. The molecule has 0 fully saturated rings. The van der Waals surface area contributed by atoms with Crippen molar-refractivity contribution < 1.29 is 67.8 Å². The van der Waals surface area contributed by atoms with E-state index in [-0.39, 0.29) is 76.5 Å². The minimum absolute atomic E-state index is 0. The van der Waals surface area contributed by atoms with Gasteiger partial charge in [0.25, 0.3) is 5.91 Å². The minimum Gasteiger partial charge on any atom is -0.674 e. The molecule has 2 amide bonds. The molecule has 140 valence electrons. The first-order valence-corrected chi connectivity index (χ1v) is 9.13. The van der Waals surface area contributed by atoms with Gasteiger partial charge in [0.2, 0.25) is 5.91 Å². The maximum atomic E-state index is 12.0.